The Hall–Kier alpha value is -1.92. The quantitative estimate of drug-likeness (QED) is 0.799. The van der Waals surface area contributed by atoms with E-state index in [2.05, 4.69) is 21.8 Å². The minimum absolute atomic E-state index is 0.0808. The number of fused-ring (bicyclic) bond motifs is 1. The molecule has 1 aliphatic heterocycles. The van der Waals surface area contributed by atoms with E-state index in [0.717, 1.165) is 29.3 Å². The summed E-state index contributed by atoms with van der Waals surface area (Å²) < 4.78 is 5.42. The van der Waals surface area contributed by atoms with Crippen molar-refractivity contribution < 1.29 is 4.42 Å². The molecule has 23 heavy (non-hydrogen) atoms. The number of likely N-dealkylation sites (tertiary alicyclic amines) is 1. The molecule has 1 unspecified atom stereocenters. The van der Waals surface area contributed by atoms with Crippen LogP contribution in [0.15, 0.2) is 33.0 Å². The van der Waals surface area contributed by atoms with E-state index in [4.69, 9.17) is 4.42 Å². The van der Waals surface area contributed by atoms with Crippen LogP contribution in [0.5, 0.6) is 0 Å². The van der Waals surface area contributed by atoms with Crippen LogP contribution in [0.4, 0.5) is 0 Å². The maximum absolute atomic E-state index is 12.5. The Morgan fingerprint density at radius 1 is 1.52 bits per heavy atom. The van der Waals surface area contributed by atoms with Gasteiger partial charge in [-0.1, -0.05) is 6.92 Å². The van der Waals surface area contributed by atoms with Crippen molar-refractivity contribution in [2.75, 3.05) is 13.1 Å². The van der Waals surface area contributed by atoms with Gasteiger partial charge in [-0.25, -0.2) is 4.98 Å². The monoisotopic (exact) mass is 329 g/mol. The molecule has 6 heteroatoms. The zero-order valence-corrected chi connectivity index (χ0v) is 13.9. The number of furan rings is 1. The van der Waals surface area contributed by atoms with Crippen molar-refractivity contribution in [3.05, 3.63) is 40.0 Å². The van der Waals surface area contributed by atoms with Gasteiger partial charge in [-0.05, 0) is 37.4 Å². The second kappa shape index (κ2) is 5.94. The first-order valence-corrected chi connectivity index (χ1v) is 8.85. The van der Waals surface area contributed by atoms with Crippen molar-refractivity contribution >= 4 is 21.6 Å². The van der Waals surface area contributed by atoms with E-state index in [0.29, 0.717) is 23.6 Å². The summed E-state index contributed by atoms with van der Waals surface area (Å²) in [5.74, 6) is 2.18. The number of H-pyrrole nitrogens is 1. The number of piperidine rings is 1. The molecule has 1 saturated heterocycles. The number of nitrogens with one attached hydrogen (secondary N) is 1. The zero-order valence-electron chi connectivity index (χ0n) is 13.0. The summed E-state index contributed by atoms with van der Waals surface area (Å²) in [6.45, 7) is 5.14. The first-order chi connectivity index (χ1) is 11.2. The van der Waals surface area contributed by atoms with Crippen molar-refractivity contribution in [1.29, 1.82) is 0 Å². The standard InChI is InChI=1S/C17H19N3O2S/c1-11-4-2-6-20(8-11)9-14-18-16(21)15-12(10-23-17(15)19-14)13-5-3-7-22-13/h3,5,7,10-11H,2,4,6,8-9H2,1H3,(H,18,19,21). The fourth-order valence-corrected chi connectivity index (χ4v) is 4.27. The number of aromatic amines is 1. The minimum Gasteiger partial charge on any atom is -0.464 e. The van der Waals surface area contributed by atoms with Gasteiger partial charge in [0.1, 0.15) is 16.4 Å². The highest BCUT2D eigenvalue weighted by Gasteiger charge is 2.19. The molecule has 0 amide bonds. The molecule has 0 bridgehead atoms. The van der Waals surface area contributed by atoms with Gasteiger partial charge in [0.2, 0.25) is 0 Å². The number of hydrogen-bond donors (Lipinski definition) is 1. The van der Waals surface area contributed by atoms with Crippen LogP contribution in [0.3, 0.4) is 0 Å². The van der Waals surface area contributed by atoms with Gasteiger partial charge in [0.25, 0.3) is 5.56 Å². The molecule has 3 aromatic heterocycles. The van der Waals surface area contributed by atoms with E-state index in [1.807, 2.05) is 17.5 Å². The third kappa shape index (κ3) is 2.84. The number of rotatable bonds is 3. The maximum atomic E-state index is 12.5. The molecule has 3 aromatic rings. The molecule has 0 radical (unpaired) electrons. The summed E-state index contributed by atoms with van der Waals surface area (Å²) in [4.78, 5) is 23.3. The predicted octanol–water partition coefficient (Wildman–Crippen LogP) is 3.48. The Labute approximate surface area is 138 Å². The Balaban J connectivity index is 1.67. The number of hydrogen-bond acceptors (Lipinski definition) is 5. The van der Waals surface area contributed by atoms with Crippen LogP contribution in [0, 0.1) is 5.92 Å². The molecular weight excluding hydrogens is 310 g/mol. The first-order valence-electron chi connectivity index (χ1n) is 7.97. The summed E-state index contributed by atoms with van der Waals surface area (Å²) in [5.41, 5.74) is 0.740. The third-order valence-corrected chi connectivity index (χ3v) is 5.27. The number of nitrogens with zero attached hydrogens (tertiary/aromatic N) is 2. The zero-order chi connectivity index (χ0) is 15.8. The van der Waals surface area contributed by atoms with E-state index < -0.39 is 0 Å². The molecule has 5 nitrogen and oxygen atoms in total. The molecule has 120 valence electrons. The van der Waals surface area contributed by atoms with Crippen LogP contribution in [0.1, 0.15) is 25.6 Å². The van der Waals surface area contributed by atoms with Gasteiger partial charge in [-0.2, -0.15) is 0 Å². The van der Waals surface area contributed by atoms with Crippen LogP contribution in [-0.4, -0.2) is 28.0 Å². The largest absolute Gasteiger partial charge is 0.464 e. The molecule has 0 saturated carbocycles. The summed E-state index contributed by atoms with van der Waals surface area (Å²) in [6.07, 6.45) is 4.12. The average molecular weight is 329 g/mol. The predicted molar refractivity (Wildman–Crippen MR) is 91.6 cm³/mol. The van der Waals surface area contributed by atoms with E-state index in [9.17, 15) is 4.79 Å². The Bertz CT molecular complexity index is 866. The fourth-order valence-electron chi connectivity index (χ4n) is 3.32. The van der Waals surface area contributed by atoms with Gasteiger partial charge in [-0.3, -0.25) is 9.69 Å². The highest BCUT2D eigenvalue weighted by atomic mass is 32.1. The van der Waals surface area contributed by atoms with Gasteiger partial charge < -0.3 is 9.40 Å². The fraction of sp³-hybridized carbons (Fsp3) is 0.412. The summed E-state index contributed by atoms with van der Waals surface area (Å²) >= 11 is 1.49. The molecule has 4 heterocycles. The highest BCUT2D eigenvalue weighted by Crippen LogP contribution is 2.31. The number of aromatic nitrogens is 2. The normalized spacial score (nSPS) is 19.4. The third-order valence-electron chi connectivity index (χ3n) is 4.39. The smallest absolute Gasteiger partial charge is 0.260 e. The van der Waals surface area contributed by atoms with Crippen molar-refractivity contribution in [3.8, 4) is 11.3 Å². The van der Waals surface area contributed by atoms with Crippen molar-refractivity contribution in [1.82, 2.24) is 14.9 Å². The average Bonchev–Trinajstić information content (AvgIpc) is 3.15. The lowest BCUT2D eigenvalue weighted by Gasteiger charge is -2.30. The molecule has 1 atom stereocenters. The van der Waals surface area contributed by atoms with Gasteiger partial charge in [0.15, 0.2) is 0 Å². The van der Waals surface area contributed by atoms with Gasteiger partial charge in [0.05, 0.1) is 18.2 Å². The minimum atomic E-state index is -0.0808. The van der Waals surface area contributed by atoms with Crippen LogP contribution >= 0.6 is 11.3 Å². The highest BCUT2D eigenvalue weighted by molar-refractivity contribution is 7.17. The molecule has 0 spiro atoms. The Morgan fingerprint density at radius 3 is 3.22 bits per heavy atom. The van der Waals surface area contributed by atoms with E-state index in [1.54, 1.807) is 6.26 Å². The maximum Gasteiger partial charge on any atom is 0.260 e. The van der Waals surface area contributed by atoms with Crippen molar-refractivity contribution in [2.45, 2.75) is 26.3 Å². The van der Waals surface area contributed by atoms with Gasteiger partial charge in [-0.15, -0.1) is 11.3 Å². The lowest BCUT2D eigenvalue weighted by molar-refractivity contribution is 0.173. The molecule has 1 aliphatic rings. The molecule has 0 aromatic carbocycles. The Morgan fingerprint density at radius 2 is 2.43 bits per heavy atom. The molecule has 1 N–H and O–H groups in total. The second-order valence-corrected chi connectivity index (χ2v) is 7.16. The lowest BCUT2D eigenvalue weighted by atomic mass is 10.0. The summed E-state index contributed by atoms with van der Waals surface area (Å²) in [5, 5.41) is 2.57. The topological polar surface area (TPSA) is 62.1 Å². The van der Waals surface area contributed by atoms with Crippen LogP contribution in [0.25, 0.3) is 21.5 Å². The van der Waals surface area contributed by atoms with E-state index in [-0.39, 0.29) is 5.56 Å². The molecule has 4 rings (SSSR count). The van der Waals surface area contributed by atoms with Crippen molar-refractivity contribution in [2.24, 2.45) is 5.92 Å². The van der Waals surface area contributed by atoms with Crippen LogP contribution < -0.4 is 5.56 Å². The van der Waals surface area contributed by atoms with Crippen molar-refractivity contribution in [3.63, 3.8) is 0 Å². The molecule has 0 aliphatic carbocycles. The molecular formula is C17H19N3O2S. The van der Waals surface area contributed by atoms with Crippen LogP contribution in [0.2, 0.25) is 0 Å². The van der Waals surface area contributed by atoms with E-state index in [1.165, 1.54) is 24.2 Å². The number of thiophene rings is 1. The SMILES string of the molecule is CC1CCCN(Cc2nc3scc(-c4ccco4)c3c(=O)[nH]2)C1. The van der Waals surface area contributed by atoms with Gasteiger partial charge >= 0.3 is 0 Å². The van der Waals surface area contributed by atoms with Crippen LogP contribution in [-0.2, 0) is 6.54 Å². The Kier molecular flexibility index (Phi) is 3.79. The second-order valence-electron chi connectivity index (χ2n) is 6.30. The van der Waals surface area contributed by atoms with Gasteiger partial charge in [0, 0.05) is 17.5 Å². The molecule has 1 fully saturated rings. The summed E-state index contributed by atoms with van der Waals surface area (Å²) in [7, 11) is 0. The lowest BCUT2D eigenvalue weighted by Crippen LogP contribution is -2.34. The first kappa shape index (κ1) is 14.7. The van der Waals surface area contributed by atoms with E-state index >= 15 is 0 Å². The summed E-state index contributed by atoms with van der Waals surface area (Å²) in [6, 6.07) is 3.69.